The Labute approximate surface area is 110 Å². The number of hydrogen-bond acceptors (Lipinski definition) is 4. The number of aromatic nitrogens is 3. The molecule has 0 unspecified atom stereocenters. The highest BCUT2D eigenvalue weighted by atomic mass is 16.1. The highest BCUT2D eigenvalue weighted by Gasteiger charge is 2.10. The molecule has 2 rings (SSSR count). The first-order valence-electron chi connectivity index (χ1n) is 5.76. The number of nitrogens with zero attached hydrogens (tertiary/aromatic N) is 3. The van der Waals surface area contributed by atoms with Crippen molar-refractivity contribution in [2.45, 2.75) is 20.4 Å². The number of aromatic amines is 1. The molecule has 0 bridgehead atoms. The van der Waals surface area contributed by atoms with Gasteiger partial charge >= 0.3 is 0 Å². The molecule has 2 N–H and O–H groups in total. The number of carbonyl (C=O) groups excluding carboxylic acids is 1. The van der Waals surface area contributed by atoms with Crippen molar-refractivity contribution in [1.82, 2.24) is 20.5 Å². The molecule has 0 aliphatic heterocycles. The van der Waals surface area contributed by atoms with Crippen LogP contribution >= 0.6 is 0 Å². The predicted octanol–water partition coefficient (Wildman–Crippen LogP) is 1.22. The summed E-state index contributed by atoms with van der Waals surface area (Å²) < 4.78 is 0. The second kappa shape index (κ2) is 5.31. The molecule has 0 atom stereocenters. The number of nitriles is 1. The summed E-state index contributed by atoms with van der Waals surface area (Å²) in [6.45, 7) is 4.18. The van der Waals surface area contributed by atoms with Crippen LogP contribution in [0, 0.1) is 25.2 Å². The largest absolute Gasteiger partial charge is 0.348 e. The fourth-order valence-electron chi connectivity index (χ4n) is 1.74. The minimum atomic E-state index is -0.237. The Kier molecular flexibility index (Phi) is 3.57. The number of pyridine rings is 1. The Bertz CT molecular complexity index is 634. The van der Waals surface area contributed by atoms with E-state index in [1.807, 2.05) is 19.9 Å². The minimum absolute atomic E-state index is 0.225. The number of hydrogen-bond donors (Lipinski definition) is 2. The van der Waals surface area contributed by atoms with E-state index >= 15 is 0 Å². The molecule has 0 spiro atoms. The van der Waals surface area contributed by atoms with Gasteiger partial charge in [-0.05, 0) is 26.0 Å². The van der Waals surface area contributed by atoms with E-state index in [-0.39, 0.29) is 11.6 Å². The average Bonchev–Trinajstić information content (AvgIpc) is 2.75. The van der Waals surface area contributed by atoms with Gasteiger partial charge in [0.25, 0.3) is 5.91 Å². The highest BCUT2D eigenvalue weighted by molar-refractivity contribution is 5.94. The zero-order valence-electron chi connectivity index (χ0n) is 10.7. The number of carbonyl (C=O) groups is 1. The number of nitrogens with one attached hydrogen (secondary N) is 2. The van der Waals surface area contributed by atoms with Crippen molar-refractivity contribution in [2.75, 3.05) is 0 Å². The van der Waals surface area contributed by atoms with Crippen LogP contribution in [0.25, 0.3) is 0 Å². The van der Waals surface area contributed by atoms with Crippen LogP contribution in [0.1, 0.15) is 33.0 Å². The SMILES string of the molecule is Cc1n[nH]c(C)c1CNC(=O)c1ccnc(C#N)c1. The fraction of sp³-hybridized carbons (Fsp3) is 0.231. The summed E-state index contributed by atoms with van der Waals surface area (Å²) in [7, 11) is 0. The van der Waals surface area contributed by atoms with Gasteiger partial charge < -0.3 is 5.32 Å². The van der Waals surface area contributed by atoms with Gasteiger partial charge in [-0.25, -0.2) is 4.98 Å². The van der Waals surface area contributed by atoms with Crippen molar-refractivity contribution < 1.29 is 4.79 Å². The molecule has 2 aromatic rings. The maximum atomic E-state index is 12.0. The average molecular weight is 255 g/mol. The summed E-state index contributed by atoms with van der Waals surface area (Å²) in [6.07, 6.45) is 1.45. The van der Waals surface area contributed by atoms with E-state index in [0.717, 1.165) is 17.0 Å². The predicted molar refractivity (Wildman–Crippen MR) is 68.2 cm³/mol. The molecule has 6 heteroatoms. The molecule has 96 valence electrons. The van der Waals surface area contributed by atoms with Crippen molar-refractivity contribution >= 4 is 5.91 Å². The van der Waals surface area contributed by atoms with Crippen molar-refractivity contribution in [3.8, 4) is 6.07 Å². The van der Waals surface area contributed by atoms with Crippen molar-refractivity contribution in [3.05, 3.63) is 46.5 Å². The molecular weight excluding hydrogens is 242 g/mol. The first-order valence-corrected chi connectivity index (χ1v) is 5.76. The lowest BCUT2D eigenvalue weighted by molar-refractivity contribution is 0.0950. The van der Waals surface area contributed by atoms with Crippen LogP contribution < -0.4 is 5.32 Å². The molecule has 0 aliphatic rings. The highest BCUT2D eigenvalue weighted by Crippen LogP contribution is 2.09. The van der Waals surface area contributed by atoms with Gasteiger partial charge in [0.1, 0.15) is 11.8 Å². The number of amides is 1. The summed E-state index contributed by atoms with van der Waals surface area (Å²) in [6, 6.07) is 4.94. The molecule has 2 aromatic heterocycles. The van der Waals surface area contributed by atoms with E-state index in [9.17, 15) is 4.79 Å². The van der Waals surface area contributed by atoms with Gasteiger partial charge in [0.2, 0.25) is 0 Å². The van der Waals surface area contributed by atoms with Crippen LogP contribution in [0.5, 0.6) is 0 Å². The molecule has 1 amide bonds. The van der Waals surface area contributed by atoms with Gasteiger partial charge in [0.05, 0.1) is 5.69 Å². The maximum Gasteiger partial charge on any atom is 0.251 e. The Hall–Kier alpha value is -2.68. The van der Waals surface area contributed by atoms with Crippen molar-refractivity contribution in [3.63, 3.8) is 0 Å². The zero-order chi connectivity index (χ0) is 13.8. The Morgan fingerprint density at radius 2 is 2.32 bits per heavy atom. The lowest BCUT2D eigenvalue weighted by Gasteiger charge is -2.05. The van der Waals surface area contributed by atoms with Gasteiger partial charge in [0.15, 0.2) is 0 Å². The van der Waals surface area contributed by atoms with Gasteiger partial charge in [0, 0.05) is 29.6 Å². The lowest BCUT2D eigenvalue weighted by Crippen LogP contribution is -2.23. The van der Waals surface area contributed by atoms with E-state index in [1.165, 1.54) is 12.3 Å². The first kappa shape index (κ1) is 12.8. The Morgan fingerprint density at radius 3 is 2.95 bits per heavy atom. The molecule has 0 saturated carbocycles. The topological polar surface area (TPSA) is 94.5 Å². The summed E-state index contributed by atoms with van der Waals surface area (Å²) in [4.78, 5) is 15.8. The van der Waals surface area contributed by atoms with E-state index in [1.54, 1.807) is 6.07 Å². The van der Waals surface area contributed by atoms with Crippen LogP contribution in [0.15, 0.2) is 18.3 Å². The summed E-state index contributed by atoms with van der Waals surface area (Å²) in [5, 5.41) is 18.5. The van der Waals surface area contributed by atoms with Crippen LogP contribution in [-0.4, -0.2) is 21.1 Å². The van der Waals surface area contributed by atoms with E-state index in [0.29, 0.717) is 12.1 Å². The van der Waals surface area contributed by atoms with Crippen LogP contribution in [0.2, 0.25) is 0 Å². The standard InChI is InChI=1S/C13H13N5O/c1-8-12(9(2)18-17-8)7-16-13(19)10-3-4-15-11(5-10)6-14/h3-5H,7H2,1-2H3,(H,16,19)(H,17,18). The number of aryl methyl sites for hydroxylation is 2. The van der Waals surface area contributed by atoms with Crippen LogP contribution in [-0.2, 0) is 6.54 Å². The molecule has 19 heavy (non-hydrogen) atoms. The maximum absolute atomic E-state index is 12.0. The molecule has 0 aliphatic carbocycles. The summed E-state index contributed by atoms with van der Waals surface area (Å²) in [5.41, 5.74) is 3.42. The number of H-pyrrole nitrogens is 1. The van der Waals surface area contributed by atoms with Crippen molar-refractivity contribution in [2.24, 2.45) is 0 Å². The molecular formula is C13H13N5O. The molecule has 0 radical (unpaired) electrons. The van der Waals surface area contributed by atoms with Gasteiger partial charge in [-0.2, -0.15) is 10.4 Å². The fourth-order valence-corrected chi connectivity index (χ4v) is 1.74. The Morgan fingerprint density at radius 1 is 1.53 bits per heavy atom. The summed E-state index contributed by atoms with van der Waals surface area (Å²) in [5.74, 6) is -0.237. The second-order valence-electron chi connectivity index (χ2n) is 4.14. The van der Waals surface area contributed by atoms with Crippen LogP contribution in [0.3, 0.4) is 0 Å². The third-order valence-corrected chi connectivity index (χ3v) is 2.84. The molecule has 2 heterocycles. The Balaban J connectivity index is 2.08. The molecule has 6 nitrogen and oxygen atoms in total. The smallest absolute Gasteiger partial charge is 0.251 e. The molecule has 0 aromatic carbocycles. The number of rotatable bonds is 3. The third kappa shape index (κ3) is 2.77. The van der Waals surface area contributed by atoms with Crippen LogP contribution in [0.4, 0.5) is 0 Å². The quantitative estimate of drug-likeness (QED) is 0.862. The van der Waals surface area contributed by atoms with E-state index in [4.69, 9.17) is 5.26 Å². The normalized spacial score (nSPS) is 9.95. The second-order valence-corrected chi connectivity index (χ2v) is 4.14. The lowest BCUT2D eigenvalue weighted by atomic mass is 10.2. The van der Waals surface area contributed by atoms with Crippen molar-refractivity contribution in [1.29, 1.82) is 5.26 Å². The molecule has 0 saturated heterocycles. The summed E-state index contributed by atoms with van der Waals surface area (Å²) >= 11 is 0. The molecule has 0 fully saturated rings. The van der Waals surface area contributed by atoms with Gasteiger partial charge in [-0.3, -0.25) is 9.89 Å². The van der Waals surface area contributed by atoms with E-state index < -0.39 is 0 Å². The van der Waals surface area contributed by atoms with E-state index in [2.05, 4.69) is 20.5 Å². The van der Waals surface area contributed by atoms with Gasteiger partial charge in [-0.1, -0.05) is 0 Å². The monoisotopic (exact) mass is 255 g/mol. The first-order chi connectivity index (χ1) is 9.11. The minimum Gasteiger partial charge on any atom is -0.348 e. The third-order valence-electron chi connectivity index (χ3n) is 2.84. The zero-order valence-corrected chi connectivity index (χ0v) is 10.7. The van der Waals surface area contributed by atoms with Gasteiger partial charge in [-0.15, -0.1) is 0 Å².